The molecule has 156 valence electrons. The number of esters is 1. The van der Waals surface area contributed by atoms with Crippen LogP contribution in [0.15, 0.2) is 23.8 Å². The monoisotopic (exact) mass is 386 g/mol. The molecule has 7 unspecified atom stereocenters. The summed E-state index contributed by atoms with van der Waals surface area (Å²) in [5, 5.41) is 10.2. The molecule has 28 heavy (non-hydrogen) atoms. The number of aliphatic hydroxyl groups excluding tert-OH is 1. The molecule has 3 fully saturated rings. The van der Waals surface area contributed by atoms with Crippen molar-refractivity contribution in [1.29, 1.82) is 0 Å². The average Bonchev–Trinajstić information content (AvgIpc) is 2.83. The van der Waals surface area contributed by atoms with Crippen molar-refractivity contribution in [2.24, 2.45) is 33.5 Å². The molecule has 0 aliphatic heterocycles. The SMILES string of the molecule is CC=C(C)C(=O)OC1C2(C)C=CC13CCC1C(C)(CO)CCCC1(C)C3CC2. The van der Waals surface area contributed by atoms with E-state index in [4.69, 9.17) is 4.74 Å². The van der Waals surface area contributed by atoms with Gasteiger partial charge in [-0.05, 0) is 75.0 Å². The van der Waals surface area contributed by atoms with Gasteiger partial charge in [0, 0.05) is 23.0 Å². The third-order valence-corrected chi connectivity index (χ3v) is 9.59. The van der Waals surface area contributed by atoms with Crippen LogP contribution >= 0.6 is 0 Å². The van der Waals surface area contributed by atoms with E-state index in [-0.39, 0.29) is 33.7 Å². The second kappa shape index (κ2) is 6.45. The minimum atomic E-state index is -0.154. The highest BCUT2D eigenvalue weighted by molar-refractivity contribution is 5.87. The molecule has 4 rings (SSSR count). The van der Waals surface area contributed by atoms with Crippen LogP contribution < -0.4 is 0 Å². The van der Waals surface area contributed by atoms with Crippen molar-refractivity contribution in [2.45, 2.75) is 85.7 Å². The summed E-state index contributed by atoms with van der Waals surface area (Å²) in [6, 6.07) is 0. The summed E-state index contributed by atoms with van der Waals surface area (Å²) in [5.41, 5.74) is 0.871. The number of fused-ring (bicyclic) bond motifs is 3. The molecule has 3 nitrogen and oxygen atoms in total. The van der Waals surface area contributed by atoms with Gasteiger partial charge in [-0.15, -0.1) is 0 Å². The van der Waals surface area contributed by atoms with Crippen LogP contribution in [0.3, 0.4) is 0 Å². The minimum absolute atomic E-state index is 0.0321. The first-order chi connectivity index (χ1) is 13.2. The second-order valence-corrected chi connectivity index (χ2v) is 11.1. The maximum atomic E-state index is 12.7. The van der Waals surface area contributed by atoms with Crippen LogP contribution in [-0.2, 0) is 9.53 Å². The number of rotatable bonds is 3. The van der Waals surface area contributed by atoms with Gasteiger partial charge in [0.15, 0.2) is 0 Å². The first-order valence-electron chi connectivity index (χ1n) is 11.3. The summed E-state index contributed by atoms with van der Waals surface area (Å²) in [6.07, 6.45) is 14.7. The summed E-state index contributed by atoms with van der Waals surface area (Å²) >= 11 is 0. The maximum Gasteiger partial charge on any atom is 0.333 e. The van der Waals surface area contributed by atoms with Crippen molar-refractivity contribution in [2.75, 3.05) is 6.61 Å². The molecule has 0 heterocycles. The van der Waals surface area contributed by atoms with Crippen molar-refractivity contribution < 1.29 is 14.6 Å². The molecule has 0 radical (unpaired) electrons. The summed E-state index contributed by atoms with van der Waals surface area (Å²) in [6.45, 7) is 11.1. The Balaban J connectivity index is 1.73. The molecule has 1 N–H and O–H groups in total. The van der Waals surface area contributed by atoms with E-state index >= 15 is 0 Å². The van der Waals surface area contributed by atoms with E-state index in [2.05, 4.69) is 32.9 Å². The zero-order chi connectivity index (χ0) is 20.4. The highest BCUT2D eigenvalue weighted by atomic mass is 16.5. The van der Waals surface area contributed by atoms with E-state index in [0.717, 1.165) is 25.7 Å². The molecule has 1 spiro atoms. The van der Waals surface area contributed by atoms with Crippen molar-refractivity contribution in [3.8, 4) is 0 Å². The molecule has 3 saturated carbocycles. The Morgan fingerprint density at radius 1 is 1.11 bits per heavy atom. The van der Waals surface area contributed by atoms with E-state index < -0.39 is 0 Å². The van der Waals surface area contributed by atoms with E-state index in [1.54, 1.807) is 0 Å². The van der Waals surface area contributed by atoms with E-state index in [1.807, 2.05) is 19.9 Å². The molecular formula is C25H38O3. The van der Waals surface area contributed by atoms with Crippen LogP contribution in [0.1, 0.15) is 79.6 Å². The van der Waals surface area contributed by atoms with Crippen LogP contribution in [0.5, 0.6) is 0 Å². The molecule has 0 aromatic carbocycles. The van der Waals surface area contributed by atoms with E-state index in [0.29, 0.717) is 24.0 Å². The first-order valence-corrected chi connectivity index (χ1v) is 11.3. The molecule has 0 saturated heterocycles. The van der Waals surface area contributed by atoms with Crippen molar-refractivity contribution in [3.63, 3.8) is 0 Å². The average molecular weight is 387 g/mol. The van der Waals surface area contributed by atoms with E-state index in [9.17, 15) is 9.90 Å². The number of hydrogen-bond donors (Lipinski definition) is 1. The molecule has 4 aliphatic carbocycles. The molecule has 3 heteroatoms. The third-order valence-electron chi connectivity index (χ3n) is 9.59. The third kappa shape index (κ3) is 2.54. The largest absolute Gasteiger partial charge is 0.457 e. The lowest BCUT2D eigenvalue weighted by Gasteiger charge is -2.65. The Labute approximate surface area is 170 Å². The number of carbonyl (C=O) groups is 1. The Morgan fingerprint density at radius 2 is 1.82 bits per heavy atom. The highest BCUT2D eigenvalue weighted by Gasteiger charge is 2.68. The zero-order valence-electron chi connectivity index (χ0n) is 18.4. The quantitative estimate of drug-likeness (QED) is 0.399. The summed E-state index contributed by atoms with van der Waals surface area (Å²) < 4.78 is 6.28. The normalized spacial score (nSPS) is 50.1. The van der Waals surface area contributed by atoms with Gasteiger partial charge in [0.2, 0.25) is 0 Å². The minimum Gasteiger partial charge on any atom is -0.457 e. The molecule has 4 aliphatic rings. The van der Waals surface area contributed by atoms with Crippen molar-refractivity contribution in [1.82, 2.24) is 0 Å². The van der Waals surface area contributed by atoms with Gasteiger partial charge in [0.25, 0.3) is 0 Å². The van der Waals surface area contributed by atoms with Crippen LogP contribution in [0.2, 0.25) is 0 Å². The van der Waals surface area contributed by atoms with E-state index in [1.165, 1.54) is 19.3 Å². The Bertz CT molecular complexity index is 723. The summed E-state index contributed by atoms with van der Waals surface area (Å²) in [4.78, 5) is 12.7. The Morgan fingerprint density at radius 3 is 2.50 bits per heavy atom. The fourth-order valence-corrected chi connectivity index (χ4v) is 7.96. The van der Waals surface area contributed by atoms with Gasteiger partial charge in [0.05, 0.1) is 0 Å². The second-order valence-electron chi connectivity index (χ2n) is 11.1. The molecule has 7 atom stereocenters. The molecule has 0 aromatic heterocycles. The summed E-state index contributed by atoms with van der Waals surface area (Å²) in [5.74, 6) is 0.931. The van der Waals surface area contributed by atoms with Crippen molar-refractivity contribution in [3.05, 3.63) is 23.8 Å². The van der Waals surface area contributed by atoms with Crippen molar-refractivity contribution >= 4 is 5.97 Å². The molecular weight excluding hydrogens is 348 g/mol. The molecule has 0 aromatic rings. The number of ether oxygens (including phenoxy) is 1. The number of hydrogen-bond acceptors (Lipinski definition) is 3. The lowest BCUT2D eigenvalue weighted by atomic mass is 9.40. The molecule has 0 amide bonds. The van der Waals surface area contributed by atoms with Crippen LogP contribution in [0.4, 0.5) is 0 Å². The standard InChI is InChI=1S/C25H38O3/c1-6-17(2)20(27)28-21-22(3)12-8-19-24(5)11-7-10-23(4,16-26)18(24)9-13-25(19,21)15-14-22/h6,14-15,18-19,21,26H,7-13,16H2,1-5H3. The van der Waals surface area contributed by atoms with Gasteiger partial charge in [-0.25, -0.2) is 4.79 Å². The highest BCUT2D eigenvalue weighted by Crippen LogP contribution is 2.72. The maximum absolute atomic E-state index is 12.7. The van der Waals surface area contributed by atoms with Gasteiger partial charge in [-0.3, -0.25) is 0 Å². The molecule has 2 bridgehead atoms. The van der Waals surface area contributed by atoms with Crippen LogP contribution in [-0.4, -0.2) is 23.8 Å². The van der Waals surface area contributed by atoms with Crippen LogP contribution in [0.25, 0.3) is 0 Å². The van der Waals surface area contributed by atoms with Gasteiger partial charge in [-0.2, -0.15) is 0 Å². The van der Waals surface area contributed by atoms with Gasteiger partial charge < -0.3 is 9.84 Å². The zero-order valence-corrected chi connectivity index (χ0v) is 18.4. The lowest BCUT2D eigenvalue weighted by Crippen LogP contribution is -2.62. The fourth-order valence-electron chi connectivity index (χ4n) is 7.96. The lowest BCUT2D eigenvalue weighted by molar-refractivity contribution is -0.206. The van der Waals surface area contributed by atoms with Crippen LogP contribution in [0, 0.1) is 33.5 Å². The topological polar surface area (TPSA) is 46.5 Å². The fraction of sp³-hybridized carbons (Fsp3) is 0.800. The summed E-state index contributed by atoms with van der Waals surface area (Å²) in [7, 11) is 0. The predicted molar refractivity (Wildman–Crippen MR) is 112 cm³/mol. The van der Waals surface area contributed by atoms with Gasteiger partial charge in [0.1, 0.15) is 6.10 Å². The Hall–Kier alpha value is -1.09. The number of carbonyl (C=O) groups excluding carboxylic acids is 1. The Kier molecular flexibility index (Phi) is 4.65. The number of allylic oxidation sites excluding steroid dienone is 1. The smallest absolute Gasteiger partial charge is 0.333 e. The van der Waals surface area contributed by atoms with Gasteiger partial charge >= 0.3 is 5.97 Å². The first kappa shape index (κ1) is 20.2. The van der Waals surface area contributed by atoms with Gasteiger partial charge in [-0.1, -0.05) is 45.4 Å². The predicted octanol–water partition coefficient (Wildman–Crippen LogP) is 5.44. The number of aliphatic hydroxyl groups is 1.